The Labute approximate surface area is 122 Å². The van der Waals surface area contributed by atoms with Crippen LogP contribution < -0.4 is 5.32 Å². The number of hydrogen-bond acceptors (Lipinski definition) is 3. The van der Waals surface area contributed by atoms with Gasteiger partial charge in [0.2, 0.25) is 0 Å². The minimum atomic E-state index is 0.312. The molecule has 1 aromatic heterocycles. The Morgan fingerprint density at radius 3 is 2.47 bits per heavy atom. The summed E-state index contributed by atoms with van der Waals surface area (Å²) >= 11 is 1.96. The van der Waals surface area contributed by atoms with Gasteiger partial charge in [-0.2, -0.15) is 0 Å². The van der Waals surface area contributed by atoms with Crippen LogP contribution in [0.1, 0.15) is 54.8 Å². The molecule has 108 valence electrons. The lowest BCUT2D eigenvalue weighted by Gasteiger charge is -2.43. The number of rotatable bonds is 6. The van der Waals surface area contributed by atoms with Gasteiger partial charge in [0.1, 0.15) is 0 Å². The van der Waals surface area contributed by atoms with Gasteiger partial charge in [-0.25, -0.2) is 0 Å². The topological polar surface area (TPSA) is 15.3 Å². The molecule has 1 fully saturated rings. The average molecular weight is 280 g/mol. The molecule has 0 saturated heterocycles. The van der Waals surface area contributed by atoms with Crippen LogP contribution in [0.25, 0.3) is 0 Å². The van der Waals surface area contributed by atoms with Gasteiger partial charge in [-0.3, -0.25) is 0 Å². The van der Waals surface area contributed by atoms with Crippen LogP contribution in [0.4, 0.5) is 0 Å². The van der Waals surface area contributed by atoms with E-state index in [1.807, 2.05) is 11.3 Å². The summed E-state index contributed by atoms with van der Waals surface area (Å²) < 4.78 is 0. The van der Waals surface area contributed by atoms with Crippen molar-refractivity contribution in [1.82, 2.24) is 10.2 Å². The quantitative estimate of drug-likeness (QED) is 0.848. The third kappa shape index (κ3) is 3.04. The van der Waals surface area contributed by atoms with Gasteiger partial charge in [0.25, 0.3) is 0 Å². The fraction of sp³-hybridized carbons (Fsp3) is 0.750. The zero-order valence-electron chi connectivity index (χ0n) is 12.8. The van der Waals surface area contributed by atoms with E-state index in [0.717, 1.165) is 6.54 Å². The molecule has 0 bridgehead atoms. The van der Waals surface area contributed by atoms with Crippen LogP contribution in [-0.2, 0) is 0 Å². The van der Waals surface area contributed by atoms with E-state index < -0.39 is 0 Å². The molecule has 1 N–H and O–H groups in total. The molecule has 1 atom stereocenters. The Hall–Kier alpha value is -0.380. The van der Waals surface area contributed by atoms with E-state index in [9.17, 15) is 0 Å². The van der Waals surface area contributed by atoms with Gasteiger partial charge in [-0.15, -0.1) is 11.3 Å². The second-order valence-corrected chi connectivity index (χ2v) is 7.36. The van der Waals surface area contributed by atoms with Gasteiger partial charge in [0.15, 0.2) is 0 Å². The van der Waals surface area contributed by atoms with Gasteiger partial charge in [-0.1, -0.05) is 19.8 Å². The summed E-state index contributed by atoms with van der Waals surface area (Å²) in [6, 6.07) is 5.08. The highest BCUT2D eigenvalue weighted by molar-refractivity contribution is 7.12. The minimum Gasteiger partial charge on any atom is -0.308 e. The van der Waals surface area contributed by atoms with Crippen molar-refractivity contribution in [2.75, 3.05) is 20.6 Å². The van der Waals surface area contributed by atoms with Crippen molar-refractivity contribution in [3.63, 3.8) is 0 Å². The summed E-state index contributed by atoms with van der Waals surface area (Å²) in [5, 5.41) is 3.83. The molecule has 0 aromatic carbocycles. The largest absolute Gasteiger partial charge is 0.308 e. The standard InChI is InChI=1S/C16H28N2S/c1-5-12-17-15(14-9-8-13(2)19-14)16(18(3)4)10-6-7-11-16/h8-9,15,17H,5-7,10-12H2,1-4H3. The maximum Gasteiger partial charge on any atom is 0.0601 e. The lowest BCUT2D eigenvalue weighted by atomic mass is 9.85. The Balaban J connectivity index is 2.30. The molecule has 3 heteroatoms. The molecule has 1 saturated carbocycles. The van der Waals surface area contributed by atoms with Gasteiger partial charge < -0.3 is 10.2 Å². The monoisotopic (exact) mass is 280 g/mol. The zero-order chi connectivity index (χ0) is 13.9. The van der Waals surface area contributed by atoms with Crippen LogP contribution in [-0.4, -0.2) is 31.1 Å². The molecule has 0 aliphatic heterocycles. The van der Waals surface area contributed by atoms with Gasteiger partial charge >= 0.3 is 0 Å². The van der Waals surface area contributed by atoms with Crippen molar-refractivity contribution in [3.8, 4) is 0 Å². The first-order valence-corrected chi connectivity index (χ1v) is 8.39. The average Bonchev–Trinajstić information content (AvgIpc) is 3.00. The molecule has 19 heavy (non-hydrogen) atoms. The predicted octanol–water partition coefficient (Wildman–Crippen LogP) is 3.97. The molecule has 1 heterocycles. The molecule has 0 radical (unpaired) electrons. The molecule has 2 nitrogen and oxygen atoms in total. The number of aryl methyl sites for hydroxylation is 1. The number of nitrogens with one attached hydrogen (secondary N) is 1. The van der Waals surface area contributed by atoms with Gasteiger partial charge in [0, 0.05) is 15.3 Å². The first kappa shape index (κ1) is 15.0. The molecule has 0 amide bonds. The Bertz CT molecular complexity index is 391. The summed E-state index contributed by atoms with van der Waals surface area (Å²) in [5.41, 5.74) is 0.312. The summed E-state index contributed by atoms with van der Waals surface area (Å²) in [6.07, 6.45) is 6.57. The maximum atomic E-state index is 3.83. The van der Waals surface area contributed by atoms with E-state index in [1.54, 1.807) is 0 Å². The normalized spacial score (nSPS) is 20.1. The van der Waals surface area contributed by atoms with Crippen molar-refractivity contribution < 1.29 is 0 Å². The first-order valence-electron chi connectivity index (χ1n) is 7.57. The summed E-state index contributed by atoms with van der Waals surface area (Å²) in [6.45, 7) is 5.57. The van der Waals surface area contributed by atoms with Crippen LogP contribution in [0.15, 0.2) is 12.1 Å². The minimum absolute atomic E-state index is 0.312. The van der Waals surface area contributed by atoms with Crippen LogP contribution in [0.5, 0.6) is 0 Å². The SMILES string of the molecule is CCCNC(c1ccc(C)s1)C1(N(C)C)CCCC1. The first-order chi connectivity index (χ1) is 9.10. The van der Waals surface area contributed by atoms with Crippen molar-refractivity contribution in [1.29, 1.82) is 0 Å². The number of hydrogen-bond donors (Lipinski definition) is 1. The van der Waals surface area contributed by atoms with Gasteiger partial charge in [0.05, 0.1) is 6.04 Å². The van der Waals surface area contributed by atoms with Gasteiger partial charge in [-0.05, 0) is 59.0 Å². The summed E-state index contributed by atoms with van der Waals surface area (Å²) in [7, 11) is 4.51. The third-order valence-electron chi connectivity index (χ3n) is 4.54. The predicted molar refractivity (Wildman–Crippen MR) is 85.0 cm³/mol. The zero-order valence-corrected chi connectivity index (χ0v) is 13.6. The van der Waals surface area contributed by atoms with Crippen molar-refractivity contribution >= 4 is 11.3 Å². The van der Waals surface area contributed by atoms with Crippen molar-refractivity contribution in [2.45, 2.75) is 57.5 Å². The van der Waals surface area contributed by atoms with E-state index in [0.29, 0.717) is 11.6 Å². The molecule has 1 aliphatic carbocycles. The number of nitrogens with zero attached hydrogens (tertiary/aromatic N) is 1. The van der Waals surface area contributed by atoms with Crippen LogP contribution in [0.3, 0.4) is 0 Å². The molecular weight excluding hydrogens is 252 g/mol. The second kappa shape index (κ2) is 6.38. The Kier molecular flexibility index (Phi) is 5.04. The highest BCUT2D eigenvalue weighted by Gasteiger charge is 2.44. The molecular formula is C16H28N2S. The second-order valence-electron chi connectivity index (χ2n) is 6.04. The fourth-order valence-electron chi connectivity index (χ4n) is 3.43. The lowest BCUT2D eigenvalue weighted by molar-refractivity contribution is 0.106. The van der Waals surface area contributed by atoms with E-state index in [4.69, 9.17) is 0 Å². The number of thiophene rings is 1. The lowest BCUT2D eigenvalue weighted by Crippen LogP contribution is -2.51. The van der Waals surface area contributed by atoms with Crippen molar-refractivity contribution in [3.05, 3.63) is 21.9 Å². The van der Waals surface area contributed by atoms with Crippen LogP contribution in [0.2, 0.25) is 0 Å². The Morgan fingerprint density at radius 2 is 2.00 bits per heavy atom. The molecule has 1 unspecified atom stereocenters. The molecule has 0 spiro atoms. The molecule has 2 rings (SSSR count). The van der Waals surface area contributed by atoms with E-state index >= 15 is 0 Å². The maximum absolute atomic E-state index is 3.83. The van der Waals surface area contributed by atoms with E-state index in [-0.39, 0.29) is 0 Å². The van der Waals surface area contributed by atoms with E-state index in [2.05, 4.69) is 50.3 Å². The fourth-order valence-corrected chi connectivity index (χ4v) is 4.50. The summed E-state index contributed by atoms with van der Waals surface area (Å²) in [4.78, 5) is 5.41. The molecule has 1 aliphatic rings. The van der Waals surface area contributed by atoms with Crippen LogP contribution in [0, 0.1) is 6.92 Å². The van der Waals surface area contributed by atoms with E-state index in [1.165, 1.54) is 41.9 Å². The third-order valence-corrected chi connectivity index (χ3v) is 5.61. The Morgan fingerprint density at radius 1 is 1.32 bits per heavy atom. The highest BCUT2D eigenvalue weighted by atomic mass is 32.1. The van der Waals surface area contributed by atoms with Crippen molar-refractivity contribution in [2.24, 2.45) is 0 Å². The molecule has 1 aromatic rings. The summed E-state index contributed by atoms with van der Waals surface area (Å²) in [5.74, 6) is 0. The number of likely N-dealkylation sites (N-methyl/N-ethyl adjacent to an activating group) is 1. The smallest absolute Gasteiger partial charge is 0.0601 e. The highest BCUT2D eigenvalue weighted by Crippen LogP contribution is 2.44. The van der Waals surface area contributed by atoms with Crippen LogP contribution >= 0.6 is 11.3 Å².